The minimum atomic E-state index is -0.467. The summed E-state index contributed by atoms with van der Waals surface area (Å²) < 4.78 is 13.5. The number of ketones is 1. The summed E-state index contributed by atoms with van der Waals surface area (Å²) in [6.45, 7) is 0. The second-order valence-corrected chi connectivity index (χ2v) is 5.30. The quantitative estimate of drug-likeness (QED) is 0.710. The van der Waals surface area contributed by atoms with Crippen molar-refractivity contribution in [2.24, 2.45) is 0 Å². The van der Waals surface area contributed by atoms with Gasteiger partial charge in [-0.25, -0.2) is 4.39 Å². The maximum atomic E-state index is 13.5. The van der Waals surface area contributed by atoms with Crippen molar-refractivity contribution in [1.82, 2.24) is 0 Å². The van der Waals surface area contributed by atoms with Crippen LogP contribution in [0.2, 0.25) is 15.1 Å². The molecule has 0 bridgehead atoms. The van der Waals surface area contributed by atoms with Gasteiger partial charge in [-0.1, -0.05) is 34.8 Å². The number of benzene rings is 2. The predicted octanol–water partition coefficient (Wildman–Crippen LogP) is 5.21. The van der Waals surface area contributed by atoms with Gasteiger partial charge < -0.3 is 0 Å². The van der Waals surface area contributed by atoms with E-state index in [-0.39, 0.29) is 17.8 Å². The third-order valence-corrected chi connectivity index (χ3v) is 3.21. The molecule has 0 radical (unpaired) electrons. The van der Waals surface area contributed by atoms with Crippen LogP contribution in [0.4, 0.5) is 4.39 Å². The van der Waals surface area contributed by atoms with Crippen molar-refractivity contribution in [2.45, 2.75) is 6.42 Å². The molecule has 0 aromatic heterocycles. The fraction of sp³-hybridized carbons (Fsp3) is 0.0714. The molecular weight excluding hydrogens is 310 g/mol. The first-order valence-corrected chi connectivity index (χ1v) is 6.52. The first-order valence-electron chi connectivity index (χ1n) is 5.39. The summed E-state index contributed by atoms with van der Waals surface area (Å²) in [5.74, 6) is -0.739. The molecule has 98 valence electrons. The first kappa shape index (κ1) is 14.3. The smallest absolute Gasteiger partial charge is 0.167 e. The summed E-state index contributed by atoms with van der Waals surface area (Å²) >= 11 is 17.4. The second kappa shape index (κ2) is 5.91. The average Bonchev–Trinajstić information content (AvgIpc) is 2.32. The van der Waals surface area contributed by atoms with Gasteiger partial charge in [0.15, 0.2) is 5.78 Å². The highest BCUT2D eigenvalue weighted by Gasteiger charge is 2.12. The molecule has 2 rings (SSSR count). The zero-order valence-electron chi connectivity index (χ0n) is 9.59. The van der Waals surface area contributed by atoms with E-state index in [4.69, 9.17) is 34.8 Å². The van der Waals surface area contributed by atoms with Gasteiger partial charge in [-0.3, -0.25) is 4.79 Å². The number of hydrogen-bond acceptors (Lipinski definition) is 1. The van der Waals surface area contributed by atoms with Gasteiger partial charge in [0, 0.05) is 27.1 Å². The number of carbonyl (C=O) groups is 1. The lowest BCUT2D eigenvalue weighted by molar-refractivity contribution is 0.0992. The molecule has 1 nitrogen and oxygen atoms in total. The molecule has 0 saturated carbocycles. The van der Waals surface area contributed by atoms with Crippen LogP contribution in [-0.4, -0.2) is 5.78 Å². The van der Waals surface area contributed by atoms with Crippen molar-refractivity contribution in [3.8, 4) is 0 Å². The molecule has 0 heterocycles. The summed E-state index contributed by atoms with van der Waals surface area (Å²) in [7, 11) is 0. The van der Waals surface area contributed by atoms with Crippen molar-refractivity contribution >= 4 is 40.6 Å². The summed E-state index contributed by atoms with van der Waals surface area (Å²) in [4.78, 5) is 12.1. The van der Waals surface area contributed by atoms with Gasteiger partial charge in [-0.05, 0) is 42.0 Å². The lowest BCUT2D eigenvalue weighted by atomic mass is 10.0. The Hall–Kier alpha value is -1.09. The van der Waals surface area contributed by atoms with Crippen LogP contribution in [0, 0.1) is 5.82 Å². The van der Waals surface area contributed by atoms with Gasteiger partial charge in [0.25, 0.3) is 0 Å². The number of hydrogen-bond donors (Lipinski definition) is 0. The van der Waals surface area contributed by atoms with Gasteiger partial charge in [0.1, 0.15) is 5.82 Å². The second-order valence-electron chi connectivity index (χ2n) is 3.99. The standard InChI is InChI=1S/C14H8Cl3FO/c15-10-1-2-13(18)8(3-10)6-14(19)9-4-11(16)7-12(17)5-9/h1-5,7H,6H2. The van der Waals surface area contributed by atoms with E-state index >= 15 is 0 Å². The van der Waals surface area contributed by atoms with Crippen LogP contribution < -0.4 is 0 Å². The Morgan fingerprint density at radius 2 is 1.58 bits per heavy atom. The van der Waals surface area contributed by atoms with Gasteiger partial charge >= 0.3 is 0 Å². The van der Waals surface area contributed by atoms with E-state index < -0.39 is 5.82 Å². The summed E-state index contributed by atoms with van der Waals surface area (Å²) in [6, 6.07) is 8.62. The largest absolute Gasteiger partial charge is 0.294 e. The molecule has 0 amide bonds. The third-order valence-electron chi connectivity index (χ3n) is 2.54. The molecule has 0 aliphatic carbocycles. The highest BCUT2D eigenvalue weighted by atomic mass is 35.5. The van der Waals surface area contributed by atoms with Gasteiger partial charge in [-0.15, -0.1) is 0 Å². The van der Waals surface area contributed by atoms with E-state index in [9.17, 15) is 9.18 Å². The Kier molecular flexibility index (Phi) is 4.46. The zero-order valence-corrected chi connectivity index (χ0v) is 11.9. The highest BCUT2D eigenvalue weighted by Crippen LogP contribution is 2.22. The molecule has 0 atom stereocenters. The molecule has 0 N–H and O–H groups in total. The van der Waals surface area contributed by atoms with Gasteiger partial charge in [0.05, 0.1) is 0 Å². The Morgan fingerprint density at radius 3 is 2.21 bits per heavy atom. The number of rotatable bonds is 3. The Bertz CT molecular complexity index is 620. The lowest BCUT2D eigenvalue weighted by Crippen LogP contribution is -2.05. The first-order chi connectivity index (χ1) is 8.95. The van der Waals surface area contributed by atoms with E-state index in [2.05, 4.69) is 0 Å². The van der Waals surface area contributed by atoms with E-state index in [1.165, 1.54) is 36.4 Å². The highest BCUT2D eigenvalue weighted by molar-refractivity contribution is 6.35. The van der Waals surface area contributed by atoms with Crippen molar-refractivity contribution < 1.29 is 9.18 Å². The Labute approximate surface area is 124 Å². The average molecular weight is 318 g/mol. The van der Waals surface area contributed by atoms with Crippen LogP contribution >= 0.6 is 34.8 Å². The van der Waals surface area contributed by atoms with Crippen LogP contribution in [0.5, 0.6) is 0 Å². The van der Waals surface area contributed by atoms with E-state index in [0.29, 0.717) is 20.6 Å². The molecule has 2 aromatic rings. The van der Waals surface area contributed by atoms with Crippen LogP contribution in [0.25, 0.3) is 0 Å². The lowest BCUT2D eigenvalue weighted by Gasteiger charge is -2.05. The fourth-order valence-corrected chi connectivity index (χ4v) is 2.39. The topological polar surface area (TPSA) is 17.1 Å². The van der Waals surface area contributed by atoms with E-state index in [1.54, 1.807) is 0 Å². The molecule has 5 heteroatoms. The molecule has 0 aliphatic heterocycles. The third kappa shape index (κ3) is 3.69. The van der Waals surface area contributed by atoms with Crippen LogP contribution in [0.3, 0.4) is 0 Å². The maximum Gasteiger partial charge on any atom is 0.167 e. The Balaban J connectivity index is 2.28. The van der Waals surface area contributed by atoms with Crippen LogP contribution in [0.15, 0.2) is 36.4 Å². The number of Topliss-reactive ketones (excluding diaryl/α,β-unsaturated/α-hetero) is 1. The van der Waals surface area contributed by atoms with E-state index in [1.807, 2.05) is 0 Å². The SMILES string of the molecule is O=C(Cc1cc(Cl)ccc1F)c1cc(Cl)cc(Cl)c1. The molecule has 2 aromatic carbocycles. The van der Waals surface area contributed by atoms with Crippen molar-refractivity contribution in [3.05, 3.63) is 68.4 Å². The van der Waals surface area contributed by atoms with Crippen molar-refractivity contribution in [2.75, 3.05) is 0 Å². The van der Waals surface area contributed by atoms with Gasteiger partial charge in [-0.2, -0.15) is 0 Å². The predicted molar refractivity (Wildman–Crippen MR) is 75.9 cm³/mol. The molecule has 0 saturated heterocycles. The minimum Gasteiger partial charge on any atom is -0.294 e. The normalized spacial score (nSPS) is 10.5. The molecular formula is C14H8Cl3FO. The summed E-state index contributed by atoms with van der Waals surface area (Å²) in [5, 5.41) is 1.11. The Morgan fingerprint density at radius 1 is 0.947 bits per heavy atom. The monoisotopic (exact) mass is 316 g/mol. The molecule has 0 fully saturated rings. The maximum absolute atomic E-state index is 13.5. The van der Waals surface area contributed by atoms with Crippen molar-refractivity contribution in [3.63, 3.8) is 0 Å². The molecule has 0 aliphatic rings. The fourth-order valence-electron chi connectivity index (χ4n) is 1.67. The van der Waals surface area contributed by atoms with Crippen LogP contribution in [0.1, 0.15) is 15.9 Å². The van der Waals surface area contributed by atoms with Crippen LogP contribution in [-0.2, 0) is 6.42 Å². The van der Waals surface area contributed by atoms with E-state index in [0.717, 1.165) is 0 Å². The van der Waals surface area contributed by atoms with Crippen molar-refractivity contribution in [1.29, 1.82) is 0 Å². The molecule has 19 heavy (non-hydrogen) atoms. The summed E-state index contributed by atoms with van der Waals surface area (Å²) in [5.41, 5.74) is 0.588. The number of halogens is 4. The minimum absolute atomic E-state index is 0.0942. The zero-order chi connectivity index (χ0) is 14.0. The summed E-state index contributed by atoms with van der Waals surface area (Å²) in [6.07, 6.45) is -0.0942. The van der Waals surface area contributed by atoms with Gasteiger partial charge in [0.2, 0.25) is 0 Å². The number of carbonyl (C=O) groups excluding carboxylic acids is 1. The molecule has 0 spiro atoms. The molecule has 0 unspecified atom stereocenters.